The highest BCUT2D eigenvalue weighted by Crippen LogP contribution is 1.99. The van der Waals surface area contributed by atoms with Gasteiger partial charge in [-0.15, -0.1) is 0 Å². The molecule has 3 heteroatoms. The summed E-state index contributed by atoms with van der Waals surface area (Å²) in [4.78, 5) is 0. The summed E-state index contributed by atoms with van der Waals surface area (Å²) in [5.41, 5.74) is 1.79. The molecule has 0 radical (unpaired) electrons. The Morgan fingerprint density at radius 3 is 2.73 bits per heavy atom. The first-order chi connectivity index (χ1) is 5.20. The Morgan fingerprint density at radius 2 is 2.27 bits per heavy atom. The van der Waals surface area contributed by atoms with E-state index in [0.29, 0.717) is 18.3 Å². The third kappa shape index (κ3) is 2.35. The Bertz CT molecular complexity index is 182. The van der Waals surface area contributed by atoms with E-state index in [1.165, 1.54) is 0 Å². The summed E-state index contributed by atoms with van der Waals surface area (Å²) in [6.07, 6.45) is 1.94. The molecule has 1 aliphatic heterocycles. The third-order valence-electron chi connectivity index (χ3n) is 1.60. The maximum Gasteiger partial charge on any atom is 0.0511 e. The monoisotopic (exact) mass is 153 g/mol. The second kappa shape index (κ2) is 3.53. The maximum absolute atomic E-state index is 7.48. The highest BCUT2D eigenvalue weighted by Gasteiger charge is 2.11. The highest BCUT2D eigenvalue weighted by atomic mass is 14.9. The van der Waals surface area contributed by atoms with Crippen LogP contribution in [0, 0.1) is 5.41 Å². The SMILES string of the molecule is CC(C)N/C=C1/CNCC1=N. The predicted molar refractivity (Wildman–Crippen MR) is 47.0 cm³/mol. The Hall–Kier alpha value is -0.830. The maximum atomic E-state index is 7.48. The smallest absolute Gasteiger partial charge is 0.0511 e. The summed E-state index contributed by atoms with van der Waals surface area (Å²) in [5.74, 6) is 0. The summed E-state index contributed by atoms with van der Waals surface area (Å²) in [5, 5.41) is 13.8. The molecular formula is C8H15N3. The average molecular weight is 153 g/mol. The van der Waals surface area contributed by atoms with Crippen LogP contribution in [-0.4, -0.2) is 24.8 Å². The van der Waals surface area contributed by atoms with Gasteiger partial charge in [-0.1, -0.05) is 0 Å². The summed E-state index contributed by atoms with van der Waals surface area (Å²) in [7, 11) is 0. The molecule has 0 bridgehead atoms. The van der Waals surface area contributed by atoms with Crippen LogP contribution in [-0.2, 0) is 0 Å². The molecule has 0 aromatic heterocycles. The molecule has 3 nitrogen and oxygen atoms in total. The van der Waals surface area contributed by atoms with Gasteiger partial charge in [-0.2, -0.15) is 0 Å². The van der Waals surface area contributed by atoms with Crippen LogP contribution in [0.2, 0.25) is 0 Å². The van der Waals surface area contributed by atoms with Gasteiger partial charge in [0.05, 0.1) is 5.71 Å². The molecule has 0 unspecified atom stereocenters. The quantitative estimate of drug-likeness (QED) is 0.540. The predicted octanol–water partition coefficient (Wildman–Crippen LogP) is 0.491. The molecule has 1 heterocycles. The molecular weight excluding hydrogens is 138 g/mol. The van der Waals surface area contributed by atoms with Gasteiger partial charge < -0.3 is 16.0 Å². The van der Waals surface area contributed by atoms with Crippen LogP contribution in [0.4, 0.5) is 0 Å². The molecule has 0 atom stereocenters. The Kier molecular flexibility index (Phi) is 2.65. The van der Waals surface area contributed by atoms with Gasteiger partial charge in [0, 0.05) is 30.9 Å². The Labute approximate surface area is 67.4 Å². The van der Waals surface area contributed by atoms with Crippen molar-refractivity contribution in [2.45, 2.75) is 19.9 Å². The van der Waals surface area contributed by atoms with Crippen molar-refractivity contribution < 1.29 is 0 Å². The van der Waals surface area contributed by atoms with Gasteiger partial charge in [0.25, 0.3) is 0 Å². The van der Waals surface area contributed by atoms with E-state index >= 15 is 0 Å². The molecule has 0 saturated carbocycles. The lowest BCUT2D eigenvalue weighted by molar-refractivity contribution is 0.699. The fourth-order valence-electron chi connectivity index (χ4n) is 0.948. The Balaban J connectivity index is 2.45. The minimum Gasteiger partial charge on any atom is -0.388 e. The van der Waals surface area contributed by atoms with Crippen LogP contribution in [0.5, 0.6) is 0 Å². The van der Waals surface area contributed by atoms with Crippen molar-refractivity contribution >= 4 is 5.71 Å². The number of hydrogen-bond donors (Lipinski definition) is 3. The van der Waals surface area contributed by atoms with Crippen LogP contribution in [0.25, 0.3) is 0 Å². The van der Waals surface area contributed by atoms with E-state index in [1.807, 2.05) is 6.20 Å². The van der Waals surface area contributed by atoms with Gasteiger partial charge in [-0.3, -0.25) is 0 Å². The average Bonchev–Trinajstić information content (AvgIpc) is 2.31. The zero-order chi connectivity index (χ0) is 8.27. The van der Waals surface area contributed by atoms with Crippen molar-refractivity contribution in [2.75, 3.05) is 13.1 Å². The van der Waals surface area contributed by atoms with Crippen molar-refractivity contribution in [3.63, 3.8) is 0 Å². The first-order valence-corrected chi connectivity index (χ1v) is 3.93. The molecule has 11 heavy (non-hydrogen) atoms. The molecule has 1 fully saturated rings. The van der Waals surface area contributed by atoms with Gasteiger partial charge in [0.1, 0.15) is 0 Å². The topological polar surface area (TPSA) is 47.9 Å². The summed E-state index contributed by atoms with van der Waals surface area (Å²) in [6, 6.07) is 0.455. The molecule has 3 N–H and O–H groups in total. The van der Waals surface area contributed by atoms with E-state index in [1.54, 1.807) is 0 Å². The third-order valence-corrected chi connectivity index (χ3v) is 1.60. The second-order valence-corrected chi connectivity index (χ2v) is 3.07. The first kappa shape index (κ1) is 8.27. The lowest BCUT2D eigenvalue weighted by atomic mass is 10.2. The Morgan fingerprint density at radius 1 is 1.55 bits per heavy atom. The lowest BCUT2D eigenvalue weighted by Gasteiger charge is -2.04. The van der Waals surface area contributed by atoms with Crippen molar-refractivity contribution in [1.82, 2.24) is 10.6 Å². The van der Waals surface area contributed by atoms with Gasteiger partial charge >= 0.3 is 0 Å². The molecule has 62 valence electrons. The van der Waals surface area contributed by atoms with Crippen LogP contribution in [0.15, 0.2) is 11.8 Å². The fourth-order valence-corrected chi connectivity index (χ4v) is 0.948. The molecule has 0 aromatic carbocycles. The van der Waals surface area contributed by atoms with Crippen LogP contribution < -0.4 is 10.6 Å². The van der Waals surface area contributed by atoms with Crippen LogP contribution in [0.1, 0.15) is 13.8 Å². The van der Waals surface area contributed by atoms with E-state index in [4.69, 9.17) is 5.41 Å². The van der Waals surface area contributed by atoms with Crippen molar-refractivity contribution in [3.05, 3.63) is 11.8 Å². The minimum atomic E-state index is 0.455. The van der Waals surface area contributed by atoms with Crippen LogP contribution >= 0.6 is 0 Å². The standard InChI is InChI=1S/C8H15N3/c1-6(2)11-4-7-3-10-5-8(7)9/h4,6,9-11H,3,5H2,1-2H3/b7-4-,9-8?. The van der Waals surface area contributed by atoms with E-state index < -0.39 is 0 Å². The van der Waals surface area contributed by atoms with E-state index in [2.05, 4.69) is 24.5 Å². The number of rotatable bonds is 2. The van der Waals surface area contributed by atoms with E-state index in [0.717, 1.165) is 12.1 Å². The van der Waals surface area contributed by atoms with Crippen molar-refractivity contribution in [2.24, 2.45) is 0 Å². The van der Waals surface area contributed by atoms with Gasteiger partial charge in [-0.05, 0) is 13.8 Å². The molecule has 1 saturated heterocycles. The van der Waals surface area contributed by atoms with Crippen LogP contribution in [0.3, 0.4) is 0 Å². The van der Waals surface area contributed by atoms with E-state index in [-0.39, 0.29) is 0 Å². The molecule has 0 amide bonds. The number of nitrogens with one attached hydrogen (secondary N) is 3. The molecule has 1 rings (SSSR count). The molecule has 0 spiro atoms. The van der Waals surface area contributed by atoms with Crippen molar-refractivity contribution in [3.8, 4) is 0 Å². The largest absolute Gasteiger partial charge is 0.388 e. The zero-order valence-electron chi connectivity index (χ0n) is 7.07. The fraction of sp³-hybridized carbons (Fsp3) is 0.625. The second-order valence-electron chi connectivity index (χ2n) is 3.07. The first-order valence-electron chi connectivity index (χ1n) is 3.93. The molecule has 0 aromatic rings. The number of hydrogen-bond acceptors (Lipinski definition) is 3. The minimum absolute atomic E-state index is 0.455. The summed E-state index contributed by atoms with van der Waals surface area (Å²) in [6.45, 7) is 5.72. The summed E-state index contributed by atoms with van der Waals surface area (Å²) < 4.78 is 0. The van der Waals surface area contributed by atoms with Gasteiger partial charge in [0.15, 0.2) is 0 Å². The van der Waals surface area contributed by atoms with Gasteiger partial charge in [0.2, 0.25) is 0 Å². The van der Waals surface area contributed by atoms with Gasteiger partial charge in [-0.25, -0.2) is 0 Å². The molecule has 0 aliphatic carbocycles. The summed E-state index contributed by atoms with van der Waals surface area (Å²) >= 11 is 0. The normalized spacial score (nSPS) is 21.7. The molecule has 1 aliphatic rings. The highest BCUT2D eigenvalue weighted by molar-refractivity contribution is 6.01. The van der Waals surface area contributed by atoms with Crippen molar-refractivity contribution in [1.29, 1.82) is 5.41 Å². The van der Waals surface area contributed by atoms with E-state index in [9.17, 15) is 0 Å². The lowest BCUT2D eigenvalue weighted by Crippen LogP contribution is -2.17. The zero-order valence-corrected chi connectivity index (χ0v) is 7.07.